The molecule has 1 heterocycles. The summed E-state index contributed by atoms with van der Waals surface area (Å²) in [5.41, 5.74) is 3.03. The van der Waals surface area contributed by atoms with Gasteiger partial charge in [0.25, 0.3) is 0 Å². The number of para-hydroxylation sites is 2. The van der Waals surface area contributed by atoms with Crippen LogP contribution in [0.5, 0.6) is 5.75 Å². The molecule has 3 rings (SSSR count). The van der Waals surface area contributed by atoms with Crippen molar-refractivity contribution in [2.24, 2.45) is 0 Å². The molecule has 128 valence electrons. The average Bonchev–Trinajstić information content (AvgIpc) is 2.66. The molecule has 0 aliphatic rings. The molecule has 0 fully saturated rings. The predicted octanol–water partition coefficient (Wildman–Crippen LogP) is 4.94. The van der Waals surface area contributed by atoms with Gasteiger partial charge in [-0.2, -0.15) is 0 Å². The fraction of sp³-hybridized carbons (Fsp3) is 0.273. The fourth-order valence-electron chi connectivity index (χ4n) is 3.35. The van der Waals surface area contributed by atoms with Crippen molar-refractivity contribution in [3.63, 3.8) is 0 Å². The van der Waals surface area contributed by atoms with Gasteiger partial charge in [-0.15, -0.1) is 0 Å². The number of hydrogen-bond acceptors (Lipinski definition) is 3. The molecular formula is C22H23NO2. The maximum atomic E-state index is 12.7. The Morgan fingerprint density at radius 1 is 1.08 bits per heavy atom. The second-order valence-electron chi connectivity index (χ2n) is 6.26. The summed E-state index contributed by atoms with van der Waals surface area (Å²) in [5.74, 6) is 1.26. The second-order valence-corrected chi connectivity index (χ2v) is 6.26. The summed E-state index contributed by atoms with van der Waals surface area (Å²) in [6, 6.07) is 17.9. The lowest BCUT2D eigenvalue weighted by molar-refractivity contribution is -0.118. The molecule has 0 radical (unpaired) electrons. The molecule has 3 aromatic rings. The number of methoxy groups -OCH3 is 1. The van der Waals surface area contributed by atoms with Gasteiger partial charge in [-0.3, -0.25) is 9.78 Å². The van der Waals surface area contributed by atoms with Gasteiger partial charge in [-0.1, -0.05) is 49.4 Å². The quantitative estimate of drug-likeness (QED) is 0.615. The summed E-state index contributed by atoms with van der Waals surface area (Å²) in [5, 5.41) is 1.07. The molecule has 1 unspecified atom stereocenters. The number of ether oxygens (including phenoxy) is 1. The van der Waals surface area contributed by atoms with Gasteiger partial charge in [0.05, 0.1) is 12.6 Å². The van der Waals surface area contributed by atoms with Crippen LogP contribution in [0.15, 0.2) is 60.8 Å². The largest absolute Gasteiger partial charge is 0.496 e. The molecule has 0 N–H and O–H groups in total. The highest BCUT2D eigenvalue weighted by atomic mass is 16.5. The number of benzene rings is 2. The molecule has 0 spiro atoms. The van der Waals surface area contributed by atoms with Gasteiger partial charge in [0.15, 0.2) is 0 Å². The third-order valence-corrected chi connectivity index (χ3v) is 4.65. The Kier molecular flexibility index (Phi) is 5.44. The maximum absolute atomic E-state index is 12.7. The minimum absolute atomic E-state index is 0.173. The number of carbonyl (C=O) groups is 1. The van der Waals surface area contributed by atoms with Crippen LogP contribution in [-0.2, 0) is 11.2 Å². The van der Waals surface area contributed by atoms with E-state index < -0.39 is 0 Å². The van der Waals surface area contributed by atoms with E-state index in [1.54, 1.807) is 13.3 Å². The first kappa shape index (κ1) is 17.2. The van der Waals surface area contributed by atoms with Gasteiger partial charge in [-0.25, -0.2) is 0 Å². The first-order valence-electron chi connectivity index (χ1n) is 8.70. The first-order chi connectivity index (χ1) is 12.2. The number of rotatable bonds is 7. The van der Waals surface area contributed by atoms with Crippen LogP contribution in [0.1, 0.15) is 36.8 Å². The zero-order valence-electron chi connectivity index (χ0n) is 14.7. The van der Waals surface area contributed by atoms with E-state index in [0.717, 1.165) is 34.2 Å². The molecule has 2 aromatic carbocycles. The van der Waals surface area contributed by atoms with Crippen LogP contribution in [0.4, 0.5) is 0 Å². The molecule has 0 amide bonds. The molecule has 25 heavy (non-hydrogen) atoms. The molecule has 3 heteroatoms. The highest BCUT2D eigenvalue weighted by Gasteiger charge is 2.18. The van der Waals surface area contributed by atoms with E-state index in [0.29, 0.717) is 12.8 Å². The van der Waals surface area contributed by atoms with E-state index in [1.807, 2.05) is 48.5 Å². The SMILES string of the molecule is CCC(CC(=O)Cc1cccc2cccnc12)c1ccccc1OC. The van der Waals surface area contributed by atoms with Crippen molar-refractivity contribution in [2.75, 3.05) is 7.11 Å². The minimum atomic E-state index is 0.173. The molecule has 1 aromatic heterocycles. The Morgan fingerprint density at radius 3 is 2.68 bits per heavy atom. The number of aromatic nitrogens is 1. The number of fused-ring (bicyclic) bond motifs is 1. The zero-order valence-corrected chi connectivity index (χ0v) is 14.7. The lowest BCUT2D eigenvalue weighted by atomic mass is 9.89. The molecule has 3 nitrogen and oxygen atoms in total. The standard InChI is InChI=1S/C22H23NO2/c1-3-16(20-11-4-5-12-21(20)25-2)14-19(24)15-18-9-6-8-17-10-7-13-23-22(17)18/h4-13,16H,3,14-15H2,1-2H3. The van der Waals surface area contributed by atoms with Crippen molar-refractivity contribution in [1.82, 2.24) is 4.98 Å². The third-order valence-electron chi connectivity index (χ3n) is 4.65. The van der Waals surface area contributed by atoms with Crippen LogP contribution >= 0.6 is 0 Å². The van der Waals surface area contributed by atoms with E-state index in [-0.39, 0.29) is 11.7 Å². The maximum Gasteiger partial charge on any atom is 0.137 e. The Morgan fingerprint density at radius 2 is 1.88 bits per heavy atom. The molecule has 1 atom stereocenters. The van der Waals surface area contributed by atoms with Crippen molar-refractivity contribution in [2.45, 2.75) is 32.1 Å². The van der Waals surface area contributed by atoms with Crippen LogP contribution in [0.2, 0.25) is 0 Å². The smallest absolute Gasteiger partial charge is 0.137 e. The Bertz CT molecular complexity index is 867. The summed E-state index contributed by atoms with van der Waals surface area (Å²) in [6.45, 7) is 2.11. The predicted molar refractivity (Wildman–Crippen MR) is 101 cm³/mol. The molecule has 0 aliphatic carbocycles. The van der Waals surface area contributed by atoms with Gasteiger partial charge < -0.3 is 4.74 Å². The molecular weight excluding hydrogens is 310 g/mol. The topological polar surface area (TPSA) is 39.2 Å². The number of pyridine rings is 1. The lowest BCUT2D eigenvalue weighted by Crippen LogP contribution is -2.10. The highest BCUT2D eigenvalue weighted by molar-refractivity contribution is 5.88. The molecule has 0 aliphatic heterocycles. The highest BCUT2D eigenvalue weighted by Crippen LogP contribution is 2.32. The number of carbonyl (C=O) groups excluding carboxylic acids is 1. The number of ketones is 1. The van der Waals surface area contributed by atoms with E-state index in [9.17, 15) is 4.79 Å². The van der Waals surface area contributed by atoms with Crippen molar-refractivity contribution in [3.8, 4) is 5.75 Å². The average molecular weight is 333 g/mol. The van der Waals surface area contributed by atoms with Gasteiger partial charge in [0.1, 0.15) is 11.5 Å². The lowest BCUT2D eigenvalue weighted by Gasteiger charge is -2.18. The Labute approximate surface area is 148 Å². The zero-order chi connectivity index (χ0) is 17.6. The molecule has 0 bridgehead atoms. The van der Waals surface area contributed by atoms with Crippen molar-refractivity contribution in [1.29, 1.82) is 0 Å². The van der Waals surface area contributed by atoms with E-state index in [2.05, 4.69) is 18.0 Å². The van der Waals surface area contributed by atoms with Crippen molar-refractivity contribution >= 4 is 16.7 Å². The summed E-state index contributed by atoms with van der Waals surface area (Å²) in [7, 11) is 1.68. The van der Waals surface area contributed by atoms with Crippen LogP contribution in [0, 0.1) is 0 Å². The number of nitrogens with zero attached hydrogens (tertiary/aromatic N) is 1. The van der Waals surface area contributed by atoms with Gasteiger partial charge in [0.2, 0.25) is 0 Å². The van der Waals surface area contributed by atoms with E-state index in [1.165, 1.54) is 0 Å². The van der Waals surface area contributed by atoms with E-state index >= 15 is 0 Å². The molecule has 0 saturated carbocycles. The van der Waals surface area contributed by atoms with Gasteiger partial charge >= 0.3 is 0 Å². The first-order valence-corrected chi connectivity index (χ1v) is 8.70. The van der Waals surface area contributed by atoms with Crippen LogP contribution < -0.4 is 4.74 Å². The fourth-order valence-corrected chi connectivity index (χ4v) is 3.35. The normalized spacial score (nSPS) is 12.1. The van der Waals surface area contributed by atoms with E-state index in [4.69, 9.17) is 4.74 Å². The third kappa shape index (κ3) is 3.87. The van der Waals surface area contributed by atoms with Crippen LogP contribution in [0.25, 0.3) is 10.9 Å². The summed E-state index contributed by atoms with van der Waals surface area (Å²) < 4.78 is 5.46. The van der Waals surface area contributed by atoms with Crippen LogP contribution in [0.3, 0.4) is 0 Å². The summed E-state index contributed by atoms with van der Waals surface area (Å²) in [4.78, 5) is 17.2. The van der Waals surface area contributed by atoms with Crippen molar-refractivity contribution in [3.05, 3.63) is 71.9 Å². The Balaban J connectivity index is 1.79. The monoisotopic (exact) mass is 333 g/mol. The summed E-state index contributed by atoms with van der Waals surface area (Å²) >= 11 is 0. The van der Waals surface area contributed by atoms with Gasteiger partial charge in [-0.05, 0) is 35.6 Å². The van der Waals surface area contributed by atoms with Crippen LogP contribution in [-0.4, -0.2) is 17.9 Å². The number of hydrogen-bond donors (Lipinski definition) is 0. The van der Waals surface area contributed by atoms with Crippen molar-refractivity contribution < 1.29 is 9.53 Å². The Hall–Kier alpha value is -2.68. The summed E-state index contributed by atoms with van der Waals surface area (Å²) in [6.07, 6.45) is 3.61. The second kappa shape index (κ2) is 7.93. The number of Topliss-reactive ketones (excluding diaryl/α,β-unsaturated/α-hetero) is 1. The van der Waals surface area contributed by atoms with Gasteiger partial charge in [0, 0.05) is 24.4 Å². The minimum Gasteiger partial charge on any atom is -0.496 e. The molecule has 0 saturated heterocycles.